The molecule has 0 saturated heterocycles. The molecule has 5 heteroatoms. The summed E-state index contributed by atoms with van der Waals surface area (Å²) in [7, 11) is 1.76. The Labute approximate surface area is 111 Å². The third-order valence-corrected chi connectivity index (χ3v) is 4.61. The van der Waals surface area contributed by atoms with Gasteiger partial charge < -0.3 is 15.2 Å². The van der Waals surface area contributed by atoms with Crippen LogP contribution in [0.1, 0.15) is 39.4 Å². The first kappa shape index (κ1) is 13.5. The number of rotatable bonds is 5. The summed E-state index contributed by atoms with van der Waals surface area (Å²) in [6.07, 6.45) is 3.66. The van der Waals surface area contributed by atoms with Gasteiger partial charge in [0.05, 0.1) is 6.10 Å². The van der Waals surface area contributed by atoms with Crippen LogP contribution in [0.4, 0.5) is 0 Å². The van der Waals surface area contributed by atoms with E-state index in [1.807, 2.05) is 6.92 Å². The molecular formula is C13H19NO3S. The van der Waals surface area contributed by atoms with Gasteiger partial charge in [0.15, 0.2) is 0 Å². The van der Waals surface area contributed by atoms with E-state index in [9.17, 15) is 4.79 Å². The topological polar surface area (TPSA) is 58.6 Å². The van der Waals surface area contributed by atoms with Crippen LogP contribution in [0.2, 0.25) is 0 Å². The van der Waals surface area contributed by atoms with E-state index in [1.54, 1.807) is 13.2 Å². The van der Waals surface area contributed by atoms with Gasteiger partial charge in [0.2, 0.25) is 0 Å². The highest BCUT2D eigenvalue weighted by Crippen LogP contribution is 2.24. The van der Waals surface area contributed by atoms with Crippen LogP contribution in [0.3, 0.4) is 0 Å². The Hall–Kier alpha value is -0.910. The lowest BCUT2D eigenvalue weighted by atomic mass is 10.2. The quantitative estimate of drug-likeness (QED) is 0.862. The average Bonchev–Trinajstić information content (AvgIpc) is 2.93. The Morgan fingerprint density at radius 1 is 1.61 bits per heavy atom. The minimum Gasteiger partial charge on any atom is -0.477 e. The maximum absolute atomic E-state index is 10.9. The van der Waals surface area contributed by atoms with Crippen molar-refractivity contribution < 1.29 is 14.6 Å². The van der Waals surface area contributed by atoms with Crippen molar-refractivity contribution in [3.8, 4) is 0 Å². The van der Waals surface area contributed by atoms with Gasteiger partial charge in [-0.15, -0.1) is 11.3 Å². The molecule has 1 aliphatic rings. The maximum Gasteiger partial charge on any atom is 0.345 e. The highest BCUT2D eigenvalue weighted by Gasteiger charge is 2.24. The molecule has 2 unspecified atom stereocenters. The van der Waals surface area contributed by atoms with Crippen LogP contribution >= 0.6 is 11.3 Å². The number of aromatic carboxylic acids is 1. The van der Waals surface area contributed by atoms with Gasteiger partial charge in [-0.25, -0.2) is 4.79 Å². The summed E-state index contributed by atoms with van der Waals surface area (Å²) in [5.41, 5.74) is 1.10. The van der Waals surface area contributed by atoms with Crippen LogP contribution in [0.25, 0.3) is 0 Å². The highest BCUT2D eigenvalue weighted by atomic mass is 32.1. The van der Waals surface area contributed by atoms with Crippen molar-refractivity contribution in [2.75, 3.05) is 7.11 Å². The van der Waals surface area contributed by atoms with Crippen molar-refractivity contribution in [3.63, 3.8) is 0 Å². The minimum absolute atomic E-state index is 0.376. The zero-order valence-electron chi connectivity index (χ0n) is 10.7. The Kier molecular flexibility index (Phi) is 4.37. The van der Waals surface area contributed by atoms with E-state index in [0.29, 0.717) is 17.0 Å². The van der Waals surface area contributed by atoms with E-state index >= 15 is 0 Å². The van der Waals surface area contributed by atoms with E-state index in [2.05, 4.69) is 5.32 Å². The lowest BCUT2D eigenvalue weighted by Gasteiger charge is -2.12. The van der Waals surface area contributed by atoms with Gasteiger partial charge in [0.1, 0.15) is 4.88 Å². The summed E-state index contributed by atoms with van der Waals surface area (Å²) >= 11 is 1.35. The lowest BCUT2D eigenvalue weighted by Crippen LogP contribution is -2.26. The summed E-state index contributed by atoms with van der Waals surface area (Å²) in [6, 6.07) is 2.26. The van der Waals surface area contributed by atoms with Crippen molar-refractivity contribution in [2.24, 2.45) is 0 Å². The Bertz CT molecular complexity index is 430. The third kappa shape index (κ3) is 3.10. The number of carboxylic acid groups (broad SMARTS) is 1. The fourth-order valence-electron chi connectivity index (χ4n) is 2.39. The fourth-order valence-corrected chi connectivity index (χ4v) is 3.28. The Balaban J connectivity index is 1.88. The van der Waals surface area contributed by atoms with Crippen LogP contribution in [0.15, 0.2) is 6.07 Å². The van der Waals surface area contributed by atoms with Crippen molar-refractivity contribution in [3.05, 3.63) is 21.4 Å². The first-order valence-electron chi connectivity index (χ1n) is 6.19. The monoisotopic (exact) mass is 269 g/mol. The molecule has 1 aromatic rings. The first-order chi connectivity index (χ1) is 8.60. The predicted octanol–water partition coefficient (Wildman–Crippen LogP) is 2.41. The molecule has 0 spiro atoms. The second-order valence-electron chi connectivity index (χ2n) is 4.75. The number of hydrogen-bond donors (Lipinski definition) is 2. The second kappa shape index (κ2) is 5.82. The molecular weight excluding hydrogens is 250 g/mol. The smallest absolute Gasteiger partial charge is 0.345 e. The molecule has 1 aromatic heterocycles. The molecule has 0 bridgehead atoms. The third-order valence-electron chi connectivity index (χ3n) is 3.53. The molecule has 1 fully saturated rings. The number of thiophene rings is 1. The highest BCUT2D eigenvalue weighted by molar-refractivity contribution is 7.14. The normalized spacial score (nSPS) is 23.4. The molecule has 4 nitrogen and oxygen atoms in total. The molecule has 0 radical (unpaired) electrons. The summed E-state index contributed by atoms with van der Waals surface area (Å²) < 4.78 is 5.34. The van der Waals surface area contributed by atoms with Gasteiger partial charge in [-0.2, -0.15) is 0 Å². The van der Waals surface area contributed by atoms with E-state index in [-0.39, 0.29) is 0 Å². The molecule has 1 aliphatic carbocycles. The molecule has 0 amide bonds. The summed E-state index contributed by atoms with van der Waals surface area (Å²) in [5.74, 6) is -0.838. The maximum atomic E-state index is 10.9. The van der Waals surface area contributed by atoms with Crippen molar-refractivity contribution >= 4 is 17.3 Å². The van der Waals surface area contributed by atoms with Crippen LogP contribution in [-0.2, 0) is 11.3 Å². The fraction of sp³-hybridized carbons (Fsp3) is 0.615. The van der Waals surface area contributed by atoms with Crippen molar-refractivity contribution in [1.82, 2.24) is 5.32 Å². The standard InChI is InChI=1S/C13H19NO3S/c1-8-9(5-12(18-8)13(15)16)7-14-10-3-4-11(6-10)17-2/h5,10-11,14H,3-4,6-7H2,1-2H3,(H,15,16). The summed E-state index contributed by atoms with van der Waals surface area (Å²) in [6.45, 7) is 2.72. The van der Waals surface area contributed by atoms with Crippen LogP contribution in [0, 0.1) is 6.92 Å². The molecule has 0 aromatic carbocycles. The van der Waals surface area contributed by atoms with Crippen molar-refractivity contribution in [2.45, 2.75) is 44.9 Å². The Morgan fingerprint density at radius 2 is 2.39 bits per heavy atom. The number of hydrogen-bond acceptors (Lipinski definition) is 4. The SMILES string of the molecule is COC1CCC(NCc2cc(C(=O)O)sc2C)C1. The van der Waals surface area contributed by atoms with Gasteiger partial charge in [0, 0.05) is 24.6 Å². The summed E-state index contributed by atoms with van der Waals surface area (Å²) in [5, 5.41) is 12.4. The number of methoxy groups -OCH3 is 1. The van der Waals surface area contributed by atoms with E-state index in [0.717, 1.165) is 36.2 Å². The lowest BCUT2D eigenvalue weighted by molar-refractivity contribution is 0.0702. The molecule has 2 rings (SSSR count). The zero-order chi connectivity index (χ0) is 13.1. The van der Waals surface area contributed by atoms with Gasteiger partial charge >= 0.3 is 5.97 Å². The van der Waals surface area contributed by atoms with Gasteiger partial charge in [-0.3, -0.25) is 0 Å². The number of aryl methyl sites for hydroxylation is 1. The number of nitrogens with one attached hydrogen (secondary N) is 1. The summed E-state index contributed by atoms with van der Waals surface area (Å²) in [4.78, 5) is 12.4. The van der Waals surface area contributed by atoms with Crippen molar-refractivity contribution in [1.29, 1.82) is 0 Å². The first-order valence-corrected chi connectivity index (χ1v) is 7.00. The average molecular weight is 269 g/mol. The largest absolute Gasteiger partial charge is 0.477 e. The Morgan fingerprint density at radius 3 is 2.94 bits per heavy atom. The number of carboxylic acids is 1. The molecule has 18 heavy (non-hydrogen) atoms. The molecule has 1 heterocycles. The number of carbonyl (C=O) groups is 1. The molecule has 2 atom stereocenters. The van der Waals surface area contributed by atoms with Crippen LogP contribution < -0.4 is 5.32 Å². The predicted molar refractivity (Wildman–Crippen MR) is 71.3 cm³/mol. The van der Waals surface area contributed by atoms with Gasteiger partial charge in [0.25, 0.3) is 0 Å². The van der Waals surface area contributed by atoms with Crippen LogP contribution in [-0.4, -0.2) is 30.3 Å². The minimum atomic E-state index is -0.838. The molecule has 1 saturated carbocycles. The van der Waals surface area contributed by atoms with Gasteiger partial charge in [-0.05, 0) is 37.8 Å². The molecule has 0 aliphatic heterocycles. The van der Waals surface area contributed by atoms with E-state index < -0.39 is 5.97 Å². The zero-order valence-corrected chi connectivity index (χ0v) is 11.5. The van der Waals surface area contributed by atoms with Gasteiger partial charge in [-0.1, -0.05) is 0 Å². The van der Waals surface area contributed by atoms with E-state index in [1.165, 1.54) is 11.3 Å². The number of ether oxygens (including phenoxy) is 1. The molecule has 2 N–H and O–H groups in total. The second-order valence-corrected chi connectivity index (χ2v) is 6.00. The van der Waals surface area contributed by atoms with E-state index in [4.69, 9.17) is 9.84 Å². The molecule has 100 valence electrons. The van der Waals surface area contributed by atoms with Crippen LogP contribution in [0.5, 0.6) is 0 Å².